The fourth-order valence-electron chi connectivity index (χ4n) is 9.91. The number of benzene rings is 1. The summed E-state index contributed by atoms with van der Waals surface area (Å²) in [6, 6.07) is 5.01. The smallest absolute Gasteiger partial charge is 0.416 e. The van der Waals surface area contributed by atoms with Crippen LogP contribution in [0.1, 0.15) is 93.7 Å². The Morgan fingerprint density at radius 3 is 2.33 bits per heavy atom. The SMILES string of the molecule is CC[C@H]1CCC[C@H](O)[C@@H](C)C(=O)C2=C[C@H]3[C@@H]4C[C@H](O[C@@H]5OC(C)[C@H](OC)C(OC)C5OC)C[C@H]4c4sc(-c5ccc(C(F)(F)F)cc5)nc4[C@H]3[C@@H]2CC(=O)O1. The molecule has 1 saturated carbocycles. The highest BCUT2D eigenvalue weighted by Crippen LogP contribution is 2.63. The molecule has 14 atom stereocenters. The van der Waals surface area contributed by atoms with Gasteiger partial charge in [-0.25, -0.2) is 4.98 Å². The van der Waals surface area contributed by atoms with Crippen LogP contribution >= 0.6 is 11.3 Å². The van der Waals surface area contributed by atoms with Gasteiger partial charge in [-0.2, -0.15) is 13.2 Å². The first-order valence-corrected chi connectivity index (χ1v) is 20.3. The van der Waals surface area contributed by atoms with Gasteiger partial charge in [0.05, 0.1) is 36.0 Å². The van der Waals surface area contributed by atoms with Gasteiger partial charge in [0.1, 0.15) is 29.4 Å². The van der Waals surface area contributed by atoms with Crippen molar-refractivity contribution in [3.8, 4) is 10.6 Å². The molecule has 0 radical (unpaired) electrons. The Morgan fingerprint density at radius 2 is 1.67 bits per heavy atom. The fraction of sp³-hybridized carbons (Fsp3) is 0.683. The van der Waals surface area contributed by atoms with E-state index < -0.39 is 48.2 Å². The van der Waals surface area contributed by atoms with E-state index in [0.29, 0.717) is 54.7 Å². The first-order valence-electron chi connectivity index (χ1n) is 19.5. The van der Waals surface area contributed by atoms with Crippen LogP contribution in [0.2, 0.25) is 0 Å². The lowest BCUT2D eigenvalue weighted by Gasteiger charge is -2.44. The van der Waals surface area contributed by atoms with Crippen molar-refractivity contribution in [1.29, 1.82) is 0 Å². The molecule has 3 heterocycles. The van der Waals surface area contributed by atoms with Gasteiger partial charge in [-0.15, -0.1) is 11.3 Å². The Balaban J connectivity index is 1.27. The predicted octanol–water partition coefficient (Wildman–Crippen LogP) is 7.23. The summed E-state index contributed by atoms with van der Waals surface area (Å²) in [7, 11) is 4.79. The van der Waals surface area contributed by atoms with Crippen molar-refractivity contribution in [3.63, 3.8) is 0 Å². The summed E-state index contributed by atoms with van der Waals surface area (Å²) in [5.74, 6) is -2.36. The Kier molecular flexibility index (Phi) is 12.0. The first-order chi connectivity index (χ1) is 26.3. The van der Waals surface area contributed by atoms with Gasteiger partial charge in [0, 0.05) is 55.4 Å². The second kappa shape index (κ2) is 16.3. The van der Waals surface area contributed by atoms with Crippen molar-refractivity contribution in [2.45, 2.75) is 133 Å². The number of nitrogens with zero attached hydrogens (tertiary/aromatic N) is 1. The van der Waals surface area contributed by atoms with E-state index in [1.54, 1.807) is 28.3 Å². The highest BCUT2D eigenvalue weighted by atomic mass is 32.1. The maximum atomic E-state index is 14.3. The zero-order chi connectivity index (χ0) is 39.3. The van der Waals surface area contributed by atoms with Crippen LogP contribution in [0.5, 0.6) is 0 Å². The van der Waals surface area contributed by atoms with Crippen LogP contribution in [0.4, 0.5) is 13.2 Å². The molecule has 2 aromatic rings. The summed E-state index contributed by atoms with van der Waals surface area (Å²) in [5, 5.41) is 11.7. The molecule has 0 amide bonds. The van der Waals surface area contributed by atoms with E-state index in [0.717, 1.165) is 22.7 Å². The Labute approximate surface area is 324 Å². The van der Waals surface area contributed by atoms with Crippen molar-refractivity contribution >= 4 is 23.1 Å². The van der Waals surface area contributed by atoms with Gasteiger partial charge in [0.15, 0.2) is 12.1 Å². The normalized spacial score (nSPS) is 38.2. The van der Waals surface area contributed by atoms with Crippen LogP contribution in [-0.4, -0.2) is 92.2 Å². The zero-order valence-electron chi connectivity index (χ0n) is 32.1. The molecule has 1 N–H and O–H groups in total. The van der Waals surface area contributed by atoms with E-state index in [2.05, 4.69) is 0 Å². The number of allylic oxidation sites excluding steroid dienone is 2. The van der Waals surface area contributed by atoms with Gasteiger partial charge < -0.3 is 33.5 Å². The molecule has 14 heteroatoms. The molecule has 1 aromatic heterocycles. The molecule has 1 aromatic carbocycles. The van der Waals surface area contributed by atoms with Gasteiger partial charge in [-0.1, -0.05) is 32.1 Å². The van der Waals surface area contributed by atoms with Crippen molar-refractivity contribution in [1.82, 2.24) is 4.98 Å². The maximum absolute atomic E-state index is 14.3. The number of aliphatic hydroxyl groups excluding tert-OH is 1. The highest BCUT2D eigenvalue weighted by molar-refractivity contribution is 7.15. The Morgan fingerprint density at radius 1 is 0.964 bits per heavy atom. The number of thiazole rings is 1. The van der Waals surface area contributed by atoms with Crippen molar-refractivity contribution < 1.29 is 56.3 Å². The van der Waals surface area contributed by atoms with Crippen molar-refractivity contribution in [3.05, 3.63) is 52.0 Å². The number of aliphatic hydroxyl groups is 1. The van der Waals surface area contributed by atoms with E-state index in [1.165, 1.54) is 23.5 Å². The van der Waals surface area contributed by atoms with Crippen LogP contribution in [-0.2, 0) is 44.2 Å². The van der Waals surface area contributed by atoms with Gasteiger partial charge in [0.25, 0.3) is 0 Å². The average molecular weight is 792 g/mol. The summed E-state index contributed by atoms with van der Waals surface area (Å²) in [5.41, 5.74) is 1.09. The molecule has 3 aliphatic carbocycles. The molecule has 3 unspecified atom stereocenters. The average Bonchev–Trinajstić information content (AvgIpc) is 3.88. The number of carbonyl (C=O) groups excluding carboxylic acids is 2. The van der Waals surface area contributed by atoms with Gasteiger partial charge in [-0.3, -0.25) is 9.59 Å². The molecule has 2 aliphatic heterocycles. The Hall–Kier alpha value is -2.72. The summed E-state index contributed by atoms with van der Waals surface area (Å²) in [4.78, 5) is 34.2. The third-order valence-corrected chi connectivity index (χ3v) is 14.0. The molecule has 5 aliphatic rings. The Bertz CT molecular complexity index is 1730. The summed E-state index contributed by atoms with van der Waals surface area (Å²) >= 11 is 1.45. The number of fused-ring (bicyclic) bond motifs is 8. The minimum Gasteiger partial charge on any atom is -0.462 e. The molecule has 302 valence electrons. The van der Waals surface area contributed by atoms with E-state index in [4.69, 9.17) is 33.4 Å². The lowest BCUT2D eigenvalue weighted by Crippen LogP contribution is -2.59. The monoisotopic (exact) mass is 791 g/mol. The molecule has 2 saturated heterocycles. The highest BCUT2D eigenvalue weighted by Gasteiger charge is 2.57. The molecule has 0 bridgehead atoms. The molecule has 7 rings (SSSR count). The predicted molar refractivity (Wildman–Crippen MR) is 196 cm³/mol. The van der Waals surface area contributed by atoms with Gasteiger partial charge in [0.2, 0.25) is 0 Å². The van der Waals surface area contributed by atoms with Gasteiger partial charge in [-0.05, 0) is 75.0 Å². The number of esters is 1. The molecular weight excluding hydrogens is 740 g/mol. The number of alkyl halides is 3. The summed E-state index contributed by atoms with van der Waals surface area (Å²) in [6.45, 7) is 5.63. The molecule has 55 heavy (non-hydrogen) atoms. The lowest BCUT2D eigenvalue weighted by molar-refractivity contribution is -0.314. The number of hydrogen-bond donors (Lipinski definition) is 1. The maximum Gasteiger partial charge on any atom is 0.416 e. The van der Waals surface area contributed by atoms with Crippen molar-refractivity contribution in [2.24, 2.45) is 23.7 Å². The number of carbonyl (C=O) groups is 2. The molecule has 0 spiro atoms. The third-order valence-electron chi connectivity index (χ3n) is 12.8. The second-order valence-electron chi connectivity index (χ2n) is 15.9. The van der Waals surface area contributed by atoms with E-state index in [9.17, 15) is 27.9 Å². The standard InChI is InChI=1S/C41H52F3NO9S/c1-7-23-9-8-10-30(46)19(2)34(48)28-17-26-25-15-24(54-40-37(51-6)36(50-5)35(49-4)20(3)52-40)16-29(25)38-33(32(26)27(28)18-31(47)53-23)45-39(55-38)21-11-13-22(14-12-21)41(42,43)44/h11-14,17,19-20,23-27,29-30,32,35-37,40,46H,7-10,15-16,18H2,1-6H3/t19-,20?,23+,24+,25+,26+,27-,29-,30+,32-,35+,36?,37?,40+/m1/s1. The number of aromatic nitrogens is 1. The fourth-order valence-corrected chi connectivity index (χ4v) is 11.2. The number of ketones is 1. The van der Waals surface area contributed by atoms with Gasteiger partial charge >= 0.3 is 12.1 Å². The van der Waals surface area contributed by atoms with E-state index in [1.807, 2.05) is 19.9 Å². The minimum atomic E-state index is -4.47. The number of halogens is 3. The summed E-state index contributed by atoms with van der Waals surface area (Å²) in [6.07, 6.45) is -2.83. The second-order valence-corrected chi connectivity index (χ2v) is 16.9. The first kappa shape index (κ1) is 40.5. The van der Waals surface area contributed by atoms with Crippen LogP contribution in [0, 0.1) is 23.7 Å². The van der Waals surface area contributed by atoms with Crippen LogP contribution in [0.15, 0.2) is 35.9 Å². The van der Waals surface area contributed by atoms with E-state index >= 15 is 0 Å². The lowest BCUT2D eigenvalue weighted by atomic mass is 9.67. The quantitative estimate of drug-likeness (QED) is 0.288. The number of ether oxygens (including phenoxy) is 6. The summed E-state index contributed by atoms with van der Waals surface area (Å²) < 4.78 is 76.9. The number of rotatable bonds is 7. The number of hydrogen-bond acceptors (Lipinski definition) is 11. The minimum absolute atomic E-state index is 0.00140. The molecular formula is C41H52F3NO9S. The number of methoxy groups -OCH3 is 3. The number of Topliss-reactive ketones (excluding diaryl/α,β-unsaturated/α-hetero) is 1. The third kappa shape index (κ3) is 7.69. The van der Waals surface area contributed by atoms with Crippen LogP contribution in [0.3, 0.4) is 0 Å². The topological polar surface area (TPSA) is 123 Å². The van der Waals surface area contributed by atoms with Crippen LogP contribution in [0.25, 0.3) is 10.6 Å². The largest absolute Gasteiger partial charge is 0.462 e. The molecule has 10 nitrogen and oxygen atoms in total. The number of cyclic esters (lactones) is 1. The van der Waals surface area contributed by atoms with E-state index in [-0.39, 0.29) is 66.3 Å². The van der Waals surface area contributed by atoms with Crippen molar-refractivity contribution in [2.75, 3.05) is 21.3 Å². The van der Waals surface area contributed by atoms with Crippen LogP contribution < -0.4 is 0 Å². The molecule has 3 fully saturated rings. The zero-order valence-corrected chi connectivity index (χ0v) is 32.9.